The van der Waals surface area contributed by atoms with E-state index in [-0.39, 0.29) is 18.9 Å². The topological polar surface area (TPSA) is 53.4 Å². The summed E-state index contributed by atoms with van der Waals surface area (Å²) < 4.78 is 49.7. The van der Waals surface area contributed by atoms with Gasteiger partial charge in [-0.15, -0.1) is 0 Å². The molecule has 2 rings (SSSR count). The van der Waals surface area contributed by atoms with Crippen molar-refractivity contribution in [1.29, 1.82) is 0 Å². The minimum Gasteiger partial charge on any atom is -0.459 e. The number of carbonyl (C=O) groups excluding carboxylic acids is 1. The van der Waals surface area contributed by atoms with Crippen molar-refractivity contribution in [2.75, 3.05) is 20.3 Å². The standard InChI is InChI=1S/C17H19F3N2O3/c1-4-22-14(16(23)25-10-9-24-3)11(2)21-15(22)12-5-7-13(8-6-12)17(18,19)20/h5-8H,4,9-10H2,1-3H3. The highest BCUT2D eigenvalue weighted by Crippen LogP contribution is 2.31. The molecule has 0 aliphatic carbocycles. The fraction of sp³-hybridized carbons (Fsp3) is 0.412. The van der Waals surface area contributed by atoms with Crippen LogP contribution < -0.4 is 0 Å². The summed E-state index contributed by atoms with van der Waals surface area (Å²) in [4.78, 5) is 16.6. The summed E-state index contributed by atoms with van der Waals surface area (Å²) in [6.07, 6.45) is -4.40. The second-order valence-corrected chi connectivity index (χ2v) is 5.32. The van der Waals surface area contributed by atoms with E-state index in [1.54, 1.807) is 11.5 Å². The Labute approximate surface area is 143 Å². The number of benzene rings is 1. The second-order valence-electron chi connectivity index (χ2n) is 5.32. The summed E-state index contributed by atoms with van der Waals surface area (Å²) in [6, 6.07) is 4.68. The van der Waals surface area contributed by atoms with Crippen LogP contribution in [-0.4, -0.2) is 35.8 Å². The maximum atomic E-state index is 12.7. The minimum atomic E-state index is -4.40. The lowest BCUT2D eigenvalue weighted by molar-refractivity contribution is -0.137. The lowest BCUT2D eigenvalue weighted by atomic mass is 10.1. The van der Waals surface area contributed by atoms with Gasteiger partial charge in [0.15, 0.2) is 5.69 Å². The maximum Gasteiger partial charge on any atom is 0.416 e. The molecule has 5 nitrogen and oxygen atoms in total. The highest BCUT2D eigenvalue weighted by molar-refractivity contribution is 5.90. The molecule has 0 N–H and O–H groups in total. The zero-order chi connectivity index (χ0) is 18.6. The van der Waals surface area contributed by atoms with E-state index in [2.05, 4.69) is 4.98 Å². The Kier molecular flexibility index (Phi) is 5.84. The van der Waals surface area contributed by atoms with Crippen LogP contribution in [0.2, 0.25) is 0 Å². The van der Waals surface area contributed by atoms with Gasteiger partial charge in [0.05, 0.1) is 17.9 Å². The molecule has 0 bridgehead atoms. The van der Waals surface area contributed by atoms with Crippen molar-refractivity contribution in [1.82, 2.24) is 9.55 Å². The molecule has 2 aromatic rings. The number of aromatic nitrogens is 2. The molecular formula is C17H19F3N2O3. The quantitative estimate of drug-likeness (QED) is 0.585. The number of nitrogens with zero attached hydrogens (tertiary/aromatic N) is 2. The number of aryl methyl sites for hydroxylation is 1. The van der Waals surface area contributed by atoms with Crippen molar-refractivity contribution in [2.45, 2.75) is 26.6 Å². The predicted octanol–water partition coefficient (Wildman–Crippen LogP) is 3.70. The number of methoxy groups -OCH3 is 1. The number of hydrogen-bond donors (Lipinski definition) is 0. The number of esters is 1. The zero-order valence-corrected chi connectivity index (χ0v) is 14.2. The van der Waals surface area contributed by atoms with Gasteiger partial charge in [0.1, 0.15) is 12.4 Å². The average Bonchev–Trinajstić information content (AvgIpc) is 2.90. The third-order valence-electron chi connectivity index (χ3n) is 3.64. The Balaban J connectivity index is 2.36. The molecule has 0 spiro atoms. The molecule has 136 valence electrons. The average molecular weight is 356 g/mol. The van der Waals surface area contributed by atoms with Crippen molar-refractivity contribution in [2.24, 2.45) is 0 Å². The van der Waals surface area contributed by atoms with Crippen LogP contribution in [0.15, 0.2) is 24.3 Å². The van der Waals surface area contributed by atoms with Crippen LogP contribution in [0.4, 0.5) is 13.2 Å². The van der Waals surface area contributed by atoms with Crippen LogP contribution in [0.1, 0.15) is 28.7 Å². The van der Waals surface area contributed by atoms with Gasteiger partial charge in [-0.2, -0.15) is 13.2 Å². The van der Waals surface area contributed by atoms with E-state index < -0.39 is 17.7 Å². The van der Waals surface area contributed by atoms with Crippen molar-refractivity contribution in [3.63, 3.8) is 0 Å². The molecule has 0 fully saturated rings. The van der Waals surface area contributed by atoms with Crippen molar-refractivity contribution in [3.05, 3.63) is 41.2 Å². The van der Waals surface area contributed by atoms with Crippen LogP contribution in [-0.2, 0) is 22.2 Å². The van der Waals surface area contributed by atoms with Crippen LogP contribution in [0.25, 0.3) is 11.4 Å². The van der Waals surface area contributed by atoms with Crippen molar-refractivity contribution >= 4 is 5.97 Å². The van der Waals surface area contributed by atoms with E-state index in [1.807, 2.05) is 6.92 Å². The second kappa shape index (κ2) is 7.69. The number of ether oxygens (including phenoxy) is 2. The van der Waals surface area contributed by atoms with Gasteiger partial charge in [-0.1, -0.05) is 12.1 Å². The lowest BCUT2D eigenvalue weighted by Crippen LogP contribution is -2.16. The molecule has 0 aliphatic rings. The zero-order valence-electron chi connectivity index (χ0n) is 14.2. The van der Waals surface area contributed by atoms with Crippen molar-refractivity contribution < 1.29 is 27.4 Å². The SMILES string of the molecule is CCn1c(-c2ccc(C(F)(F)F)cc2)nc(C)c1C(=O)OCCOC. The molecule has 1 aromatic heterocycles. The van der Waals surface area contributed by atoms with Gasteiger partial charge >= 0.3 is 12.1 Å². The molecule has 1 heterocycles. The highest BCUT2D eigenvalue weighted by Gasteiger charge is 2.30. The molecular weight excluding hydrogens is 337 g/mol. The van der Waals surface area contributed by atoms with E-state index in [0.717, 1.165) is 12.1 Å². The number of imidazole rings is 1. The predicted molar refractivity (Wildman–Crippen MR) is 85.2 cm³/mol. The molecule has 0 saturated carbocycles. The summed E-state index contributed by atoms with van der Waals surface area (Å²) in [5, 5.41) is 0. The monoisotopic (exact) mass is 356 g/mol. The Morgan fingerprint density at radius 2 is 1.84 bits per heavy atom. The van der Waals surface area contributed by atoms with E-state index >= 15 is 0 Å². The van der Waals surface area contributed by atoms with E-state index in [1.165, 1.54) is 19.2 Å². The van der Waals surface area contributed by atoms with Crippen LogP contribution in [0, 0.1) is 6.92 Å². The van der Waals surface area contributed by atoms with Crippen molar-refractivity contribution in [3.8, 4) is 11.4 Å². The number of rotatable bonds is 6. The van der Waals surface area contributed by atoms with Gasteiger partial charge in [-0.25, -0.2) is 9.78 Å². The molecule has 0 aliphatic heterocycles. The molecule has 1 aromatic carbocycles. The smallest absolute Gasteiger partial charge is 0.416 e. The first kappa shape index (κ1) is 19.0. The summed E-state index contributed by atoms with van der Waals surface area (Å²) in [5.74, 6) is -0.116. The summed E-state index contributed by atoms with van der Waals surface area (Å²) in [7, 11) is 1.50. The summed E-state index contributed by atoms with van der Waals surface area (Å²) >= 11 is 0. The fourth-order valence-corrected chi connectivity index (χ4v) is 2.45. The molecule has 0 saturated heterocycles. The maximum absolute atomic E-state index is 12.7. The lowest BCUT2D eigenvalue weighted by Gasteiger charge is -2.11. The summed E-state index contributed by atoms with van der Waals surface area (Å²) in [5.41, 5.74) is 0.503. The molecule has 25 heavy (non-hydrogen) atoms. The van der Waals surface area contributed by atoms with Gasteiger partial charge < -0.3 is 14.0 Å². The number of alkyl halides is 3. The van der Waals surface area contributed by atoms with Gasteiger partial charge in [0.2, 0.25) is 0 Å². The largest absolute Gasteiger partial charge is 0.459 e. The Morgan fingerprint density at radius 3 is 2.36 bits per heavy atom. The first-order valence-corrected chi connectivity index (χ1v) is 7.70. The normalized spacial score (nSPS) is 11.6. The van der Waals surface area contributed by atoms with Gasteiger partial charge in [-0.05, 0) is 26.0 Å². The molecule has 0 atom stereocenters. The van der Waals surface area contributed by atoms with E-state index in [9.17, 15) is 18.0 Å². The van der Waals surface area contributed by atoms with Crippen LogP contribution >= 0.6 is 0 Å². The fourth-order valence-electron chi connectivity index (χ4n) is 2.45. The molecule has 0 amide bonds. The Morgan fingerprint density at radius 1 is 1.20 bits per heavy atom. The Bertz CT molecular complexity index is 737. The molecule has 0 radical (unpaired) electrons. The van der Waals surface area contributed by atoms with E-state index in [4.69, 9.17) is 9.47 Å². The number of carbonyl (C=O) groups is 1. The first-order chi connectivity index (χ1) is 11.8. The van der Waals surface area contributed by atoms with Gasteiger partial charge in [0.25, 0.3) is 0 Å². The first-order valence-electron chi connectivity index (χ1n) is 7.70. The third-order valence-corrected chi connectivity index (χ3v) is 3.64. The highest BCUT2D eigenvalue weighted by atomic mass is 19.4. The summed E-state index contributed by atoms with van der Waals surface area (Å²) in [6.45, 7) is 4.29. The van der Waals surface area contributed by atoms with Crippen LogP contribution in [0.3, 0.4) is 0 Å². The molecule has 0 unspecified atom stereocenters. The molecule has 8 heteroatoms. The van der Waals surface area contributed by atoms with E-state index in [0.29, 0.717) is 23.6 Å². The number of halogens is 3. The van der Waals surface area contributed by atoms with Crippen LogP contribution in [0.5, 0.6) is 0 Å². The Hall–Kier alpha value is -2.35. The van der Waals surface area contributed by atoms with Gasteiger partial charge in [-0.3, -0.25) is 0 Å². The minimum absolute atomic E-state index is 0.110. The van der Waals surface area contributed by atoms with Gasteiger partial charge in [0, 0.05) is 19.2 Å². The number of hydrogen-bond acceptors (Lipinski definition) is 4. The third kappa shape index (κ3) is 4.19.